The van der Waals surface area contributed by atoms with Crippen molar-refractivity contribution in [1.29, 1.82) is 0 Å². The maximum atomic E-state index is 11.1. The van der Waals surface area contributed by atoms with Gasteiger partial charge in [-0.3, -0.25) is 9.48 Å². The Morgan fingerprint density at radius 3 is 3.00 bits per heavy atom. The van der Waals surface area contributed by atoms with E-state index in [1.165, 1.54) is 0 Å². The fourth-order valence-electron chi connectivity index (χ4n) is 2.22. The second kappa shape index (κ2) is 4.68. The minimum Gasteiger partial charge on any atom is -0.327 e. The summed E-state index contributed by atoms with van der Waals surface area (Å²) >= 11 is 0. The molecule has 5 nitrogen and oxygen atoms in total. The fraction of sp³-hybridized carbons (Fsp3) is 0.214. The molecule has 0 saturated carbocycles. The van der Waals surface area contributed by atoms with Gasteiger partial charge in [-0.2, -0.15) is 5.10 Å². The van der Waals surface area contributed by atoms with E-state index in [0.29, 0.717) is 12.1 Å². The first-order valence-electron chi connectivity index (χ1n) is 6.22. The second-order valence-corrected chi connectivity index (χ2v) is 4.41. The molecular weight excluding hydrogens is 240 g/mol. The van der Waals surface area contributed by atoms with Crippen molar-refractivity contribution in [2.75, 3.05) is 0 Å². The van der Waals surface area contributed by atoms with Crippen LogP contribution in [0.5, 0.6) is 0 Å². The minimum absolute atomic E-state index is 0.668. The van der Waals surface area contributed by atoms with E-state index in [1.807, 2.05) is 46.9 Å². The maximum absolute atomic E-state index is 11.1. The van der Waals surface area contributed by atoms with Gasteiger partial charge in [0.05, 0.1) is 12.7 Å². The molecular formula is C14H14N4O. The van der Waals surface area contributed by atoms with Crippen LogP contribution in [0.4, 0.5) is 0 Å². The summed E-state index contributed by atoms with van der Waals surface area (Å²) in [5, 5.41) is 5.14. The molecule has 0 aliphatic carbocycles. The van der Waals surface area contributed by atoms with Crippen LogP contribution < -0.4 is 0 Å². The van der Waals surface area contributed by atoms with Crippen LogP contribution in [0.25, 0.3) is 11.0 Å². The van der Waals surface area contributed by atoms with E-state index in [-0.39, 0.29) is 0 Å². The van der Waals surface area contributed by atoms with Crippen LogP contribution in [0.1, 0.15) is 22.8 Å². The summed E-state index contributed by atoms with van der Waals surface area (Å²) < 4.78 is 3.87. The van der Waals surface area contributed by atoms with Crippen molar-refractivity contribution in [3.05, 3.63) is 48.0 Å². The zero-order valence-electron chi connectivity index (χ0n) is 10.7. The molecule has 0 aromatic carbocycles. The topological polar surface area (TPSA) is 52.7 Å². The Bertz CT molecular complexity index is 726. The number of carbonyl (C=O) groups excluding carboxylic acids is 1. The summed E-state index contributed by atoms with van der Waals surface area (Å²) in [7, 11) is 0. The number of aryl methyl sites for hydroxylation is 1. The zero-order valence-corrected chi connectivity index (χ0v) is 10.7. The van der Waals surface area contributed by atoms with E-state index >= 15 is 0 Å². The molecule has 0 bridgehead atoms. The van der Waals surface area contributed by atoms with E-state index in [2.05, 4.69) is 10.1 Å². The predicted octanol–water partition coefficient (Wildman–Crippen LogP) is 2.11. The van der Waals surface area contributed by atoms with Crippen LogP contribution in [0.15, 0.2) is 36.9 Å². The lowest BCUT2D eigenvalue weighted by Crippen LogP contribution is -1.98. The van der Waals surface area contributed by atoms with Gasteiger partial charge in [0, 0.05) is 41.6 Å². The average Bonchev–Trinajstić information content (AvgIpc) is 3.04. The third-order valence-electron chi connectivity index (χ3n) is 3.16. The third kappa shape index (κ3) is 2.03. The largest absolute Gasteiger partial charge is 0.327 e. The van der Waals surface area contributed by atoms with E-state index in [4.69, 9.17) is 0 Å². The maximum Gasteiger partial charge on any atom is 0.152 e. The van der Waals surface area contributed by atoms with Crippen molar-refractivity contribution >= 4 is 17.3 Å². The minimum atomic E-state index is 0.668. The number of fused-ring (bicyclic) bond motifs is 1. The Morgan fingerprint density at radius 1 is 1.37 bits per heavy atom. The van der Waals surface area contributed by atoms with Crippen molar-refractivity contribution in [3.63, 3.8) is 0 Å². The van der Waals surface area contributed by atoms with Crippen LogP contribution in [-0.2, 0) is 13.1 Å². The lowest BCUT2D eigenvalue weighted by atomic mass is 10.2. The van der Waals surface area contributed by atoms with Crippen LogP contribution in [-0.4, -0.2) is 25.6 Å². The summed E-state index contributed by atoms with van der Waals surface area (Å²) in [6.07, 6.45) is 8.31. The molecule has 0 saturated heterocycles. The van der Waals surface area contributed by atoms with Crippen LogP contribution in [0, 0.1) is 0 Å². The molecule has 0 radical (unpaired) electrons. The Labute approximate surface area is 110 Å². The Balaban J connectivity index is 2.02. The lowest BCUT2D eigenvalue weighted by Gasteiger charge is -2.01. The lowest BCUT2D eigenvalue weighted by molar-refractivity contribution is 0.112. The second-order valence-electron chi connectivity index (χ2n) is 4.41. The van der Waals surface area contributed by atoms with Crippen molar-refractivity contribution < 1.29 is 4.79 Å². The molecule has 0 amide bonds. The summed E-state index contributed by atoms with van der Waals surface area (Å²) in [6, 6.07) is 3.76. The van der Waals surface area contributed by atoms with Gasteiger partial charge in [-0.05, 0) is 19.1 Å². The van der Waals surface area contributed by atoms with Crippen molar-refractivity contribution in [2.45, 2.75) is 20.0 Å². The number of aromatic nitrogens is 4. The molecule has 5 heteroatoms. The van der Waals surface area contributed by atoms with Crippen LogP contribution in [0.2, 0.25) is 0 Å². The first-order valence-corrected chi connectivity index (χ1v) is 6.22. The van der Waals surface area contributed by atoms with Gasteiger partial charge in [-0.1, -0.05) is 0 Å². The highest BCUT2D eigenvalue weighted by Crippen LogP contribution is 2.18. The number of nitrogens with zero attached hydrogens (tertiary/aromatic N) is 4. The fourth-order valence-corrected chi connectivity index (χ4v) is 2.22. The van der Waals surface area contributed by atoms with Crippen molar-refractivity contribution in [3.8, 4) is 0 Å². The van der Waals surface area contributed by atoms with Crippen molar-refractivity contribution in [1.82, 2.24) is 19.3 Å². The Morgan fingerprint density at radius 2 is 2.26 bits per heavy atom. The summed E-state index contributed by atoms with van der Waals surface area (Å²) in [5.41, 5.74) is 2.60. The molecule has 0 N–H and O–H groups in total. The average molecular weight is 254 g/mol. The van der Waals surface area contributed by atoms with Gasteiger partial charge in [0.25, 0.3) is 0 Å². The van der Waals surface area contributed by atoms with Crippen LogP contribution >= 0.6 is 0 Å². The highest BCUT2D eigenvalue weighted by Gasteiger charge is 2.09. The van der Waals surface area contributed by atoms with Gasteiger partial charge in [0.15, 0.2) is 6.29 Å². The van der Waals surface area contributed by atoms with Gasteiger partial charge >= 0.3 is 0 Å². The Kier molecular flexibility index (Phi) is 2.87. The number of pyridine rings is 1. The molecule has 0 aliphatic heterocycles. The van der Waals surface area contributed by atoms with E-state index < -0.39 is 0 Å². The first-order chi connectivity index (χ1) is 9.31. The molecule has 19 heavy (non-hydrogen) atoms. The number of hydrogen-bond donors (Lipinski definition) is 0. The molecule has 3 rings (SSSR count). The molecule has 3 heterocycles. The highest BCUT2D eigenvalue weighted by atomic mass is 16.1. The molecule has 3 aromatic heterocycles. The van der Waals surface area contributed by atoms with Gasteiger partial charge < -0.3 is 4.57 Å². The quantitative estimate of drug-likeness (QED) is 0.670. The molecule has 0 spiro atoms. The van der Waals surface area contributed by atoms with Gasteiger partial charge in [0.1, 0.15) is 5.65 Å². The number of hydrogen-bond acceptors (Lipinski definition) is 3. The predicted molar refractivity (Wildman–Crippen MR) is 72.1 cm³/mol. The summed E-state index contributed by atoms with van der Waals surface area (Å²) in [5.74, 6) is 0. The number of rotatable bonds is 4. The monoisotopic (exact) mass is 254 g/mol. The molecule has 0 unspecified atom stereocenters. The van der Waals surface area contributed by atoms with Crippen molar-refractivity contribution in [2.24, 2.45) is 0 Å². The standard InChI is InChI=1S/C14H14N4O/c1-2-18-8-11(6-16-18)7-17-9-12(10-19)13-4-3-5-15-14(13)17/h3-6,8-10H,2,7H2,1H3. The molecule has 0 atom stereocenters. The van der Waals surface area contributed by atoms with Gasteiger partial charge in [-0.25, -0.2) is 4.98 Å². The first kappa shape index (κ1) is 11.6. The van der Waals surface area contributed by atoms with Gasteiger partial charge in [-0.15, -0.1) is 0 Å². The van der Waals surface area contributed by atoms with Gasteiger partial charge in [0.2, 0.25) is 0 Å². The summed E-state index contributed by atoms with van der Waals surface area (Å²) in [4.78, 5) is 15.4. The van der Waals surface area contributed by atoms with E-state index in [1.54, 1.807) is 6.20 Å². The Hall–Kier alpha value is -2.43. The molecule has 96 valence electrons. The molecule has 0 aliphatic rings. The normalized spacial score (nSPS) is 11.0. The van der Waals surface area contributed by atoms with E-state index in [0.717, 1.165) is 29.4 Å². The zero-order chi connectivity index (χ0) is 13.2. The SMILES string of the molecule is CCn1cc(Cn2cc(C=O)c3cccnc32)cn1. The highest BCUT2D eigenvalue weighted by molar-refractivity contribution is 5.95. The summed E-state index contributed by atoms with van der Waals surface area (Å²) in [6.45, 7) is 3.57. The van der Waals surface area contributed by atoms with E-state index in [9.17, 15) is 4.79 Å². The number of carbonyl (C=O) groups is 1. The third-order valence-corrected chi connectivity index (χ3v) is 3.16. The number of aldehydes is 1. The molecule has 3 aromatic rings. The molecule has 0 fully saturated rings. The van der Waals surface area contributed by atoms with Crippen LogP contribution in [0.3, 0.4) is 0 Å². The smallest absolute Gasteiger partial charge is 0.152 e.